The summed E-state index contributed by atoms with van der Waals surface area (Å²) < 4.78 is 10.7. The SMILES string of the molecule is CC(C)(C)OC(=O)Nc1ccc(Oc2ccnc(C(=O)O)c2)cc1. The number of rotatable bonds is 4. The van der Waals surface area contributed by atoms with Gasteiger partial charge in [-0.1, -0.05) is 0 Å². The van der Waals surface area contributed by atoms with E-state index in [1.54, 1.807) is 51.1 Å². The molecule has 0 fully saturated rings. The van der Waals surface area contributed by atoms with Gasteiger partial charge in [-0.15, -0.1) is 0 Å². The highest BCUT2D eigenvalue weighted by Crippen LogP contribution is 2.23. The molecule has 2 rings (SSSR count). The molecular weight excluding hydrogens is 312 g/mol. The number of anilines is 1. The summed E-state index contributed by atoms with van der Waals surface area (Å²) in [4.78, 5) is 26.3. The minimum Gasteiger partial charge on any atom is -0.477 e. The van der Waals surface area contributed by atoms with Crippen molar-refractivity contribution >= 4 is 17.7 Å². The van der Waals surface area contributed by atoms with Crippen molar-refractivity contribution in [1.29, 1.82) is 0 Å². The van der Waals surface area contributed by atoms with Crippen molar-refractivity contribution in [3.63, 3.8) is 0 Å². The molecule has 1 amide bonds. The minimum absolute atomic E-state index is 0.101. The predicted molar refractivity (Wildman–Crippen MR) is 87.6 cm³/mol. The minimum atomic E-state index is -1.13. The molecular formula is C17H18N2O5. The Balaban J connectivity index is 2.01. The highest BCUT2D eigenvalue weighted by Gasteiger charge is 2.16. The molecule has 1 aromatic carbocycles. The third-order valence-electron chi connectivity index (χ3n) is 2.69. The van der Waals surface area contributed by atoms with Crippen LogP contribution in [0.2, 0.25) is 0 Å². The fraction of sp³-hybridized carbons (Fsp3) is 0.235. The number of nitrogens with one attached hydrogen (secondary N) is 1. The number of hydrogen-bond acceptors (Lipinski definition) is 5. The molecule has 126 valence electrons. The van der Waals surface area contributed by atoms with E-state index >= 15 is 0 Å². The lowest BCUT2D eigenvalue weighted by molar-refractivity contribution is 0.0634. The average molecular weight is 330 g/mol. The Kier molecular flexibility index (Phi) is 5.03. The van der Waals surface area contributed by atoms with Gasteiger partial charge in [-0.3, -0.25) is 5.32 Å². The van der Waals surface area contributed by atoms with Crippen LogP contribution in [0.5, 0.6) is 11.5 Å². The maximum atomic E-state index is 11.7. The highest BCUT2D eigenvalue weighted by molar-refractivity contribution is 5.86. The lowest BCUT2D eigenvalue weighted by Crippen LogP contribution is -2.27. The third-order valence-corrected chi connectivity index (χ3v) is 2.69. The van der Waals surface area contributed by atoms with Crippen LogP contribution < -0.4 is 10.1 Å². The van der Waals surface area contributed by atoms with E-state index in [1.165, 1.54) is 12.3 Å². The van der Waals surface area contributed by atoms with Gasteiger partial charge in [-0.2, -0.15) is 0 Å². The zero-order valence-electron chi connectivity index (χ0n) is 13.6. The summed E-state index contributed by atoms with van der Waals surface area (Å²) >= 11 is 0. The molecule has 0 unspecified atom stereocenters. The van der Waals surface area contributed by atoms with Gasteiger partial charge in [0.1, 0.15) is 17.1 Å². The molecule has 0 atom stereocenters. The Bertz CT molecular complexity index is 735. The molecule has 0 aliphatic rings. The van der Waals surface area contributed by atoms with Crippen LogP contribution in [-0.4, -0.2) is 27.8 Å². The van der Waals surface area contributed by atoms with Crippen LogP contribution in [-0.2, 0) is 4.74 Å². The Morgan fingerprint density at radius 3 is 2.33 bits per heavy atom. The van der Waals surface area contributed by atoms with Crippen molar-refractivity contribution < 1.29 is 24.2 Å². The van der Waals surface area contributed by atoms with Gasteiger partial charge in [0, 0.05) is 18.0 Å². The zero-order chi connectivity index (χ0) is 17.7. The van der Waals surface area contributed by atoms with E-state index in [-0.39, 0.29) is 5.69 Å². The van der Waals surface area contributed by atoms with Crippen LogP contribution in [0.15, 0.2) is 42.6 Å². The van der Waals surface area contributed by atoms with Gasteiger partial charge in [0.25, 0.3) is 0 Å². The second kappa shape index (κ2) is 6.99. The quantitative estimate of drug-likeness (QED) is 0.881. The van der Waals surface area contributed by atoms with Crippen LogP contribution in [0.25, 0.3) is 0 Å². The van der Waals surface area contributed by atoms with Gasteiger partial charge in [0.15, 0.2) is 5.69 Å². The predicted octanol–water partition coefficient (Wildman–Crippen LogP) is 3.92. The molecule has 1 aromatic heterocycles. The number of ether oxygens (including phenoxy) is 2. The van der Waals surface area contributed by atoms with Crippen molar-refractivity contribution in [2.45, 2.75) is 26.4 Å². The van der Waals surface area contributed by atoms with E-state index in [0.29, 0.717) is 17.2 Å². The molecule has 0 saturated heterocycles. The fourth-order valence-corrected chi connectivity index (χ4v) is 1.76. The number of carbonyl (C=O) groups is 2. The number of aromatic nitrogens is 1. The second-order valence-electron chi connectivity index (χ2n) is 5.94. The normalized spacial score (nSPS) is 10.8. The standard InChI is InChI=1S/C17H18N2O5/c1-17(2,3)24-16(22)19-11-4-6-12(7-5-11)23-13-8-9-18-14(10-13)15(20)21/h4-10H,1-3H3,(H,19,22)(H,20,21). The molecule has 0 spiro atoms. The molecule has 0 aliphatic heterocycles. The number of carbonyl (C=O) groups excluding carboxylic acids is 1. The molecule has 0 aliphatic carbocycles. The topological polar surface area (TPSA) is 97.8 Å². The monoisotopic (exact) mass is 330 g/mol. The maximum absolute atomic E-state index is 11.7. The first-order valence-electron chi connectivity index (χ1n) is 7.20. The fourth-order valence-electron chi connectivity index (χ4n) is 1.76. The van der Waals surface area contributed by atoms with Gasteiger partial charge in [-0.25, -0.2) is 14.6 Å². The smallest absolute Gasteiger partial charge is 0.412 e. The summed E-state index contributed by atoms with van der Waals surface area (Å²) in [6, 6.07) is 9.48. The molecule has 2 aromatic rings. The summed E-state index contributed by atoms with van der Waals surface area (Å²) in [5, 5.41) is 11.5. The molecule has 0 saturated carbocycles. The number of nitrogens with zero attached hydrogens (tertiary/aromatic N) is 1. The molecule has 7 heteroatoms. The maximum Gasteiger partial charge on any atom is 0.412 e. The van der Waals surface area contributed by atoms with Crippen molar-refractivity contribution in [2.24, 2.45) is 0 Å². The number of hydrogen-bond donors (Lipinski definition) is 2. The van der Waals surface area contributed by atoms with Gasteiger partial charge in [0.2, 0.25) is 0 Å². The lowest BCUT2D eigenvalue weighted by Gasteiger charge is -2.19. The number of carboxylic acids is 1. The zero-order valence-corrected chi connectivity index (χ0v) is 13.6. The van der Waals surface area contributed by atoms with Crippen molar-refractivity contribution in [3.8, 4) is 11.5 Å². The van der Waals surface area contributed by atoms with Crippen LogP contribution in [0, 0.1) is 0 Å². The van der Waals surface area contributed by atoms with E-state index in [4.69, 9.17) is 14.6 Å². The van der Waals surface area contributed by atoms with E-state index in [1.807, 2.05) is 0 Å². The summed E-state index contributed by atoms with van der Waals surface area (Å²) in [5.74, 6) is -0.278. The summed E-state index contributed by atoms with van der Waals surface area (Å²) in [5.41, 5.74) is -0.121. The Morgan fingerprint density at radius 2 is 1.75 bits per heavy atom. The van der Waals surface area contributed by atoms with Crippen molar-refractivity contribution in [3.05, 3.63) is 48.3 Å². The number of pyridine rings is 1. The van der Waals surface area contributed by atoms with Gasteiger partial charge in [-0.05, 0) is 51.1 Å². The Morgan fingerprint density at radius 1 is 1.08 bits per heavy atom. The molecule has 24 heavy (non-hydrogen) atoms. The van der Waals surface area contributed by atoms with Crippen LogP contribution >= 0.6 is 0 Å². The first-order chi connectivity index (χ1) is 11.2. The average Bonchev–Trinajstić information content (AvgIpc) is 2.47. The van der Waals surface area contributed by atoms with Gasteiger partial charge >= 0.3 is 12.1 Å². The molecule has 1 heterocycles. The molecule has 7 nitrogen and oxygen atoms in total. The molecule has 0 radical (unpaired) electrons. The lowest BCUT2D eigenvalue weighted by atomic mass is 10.2. The third kappa shape index (κ3) is 5.28. The number of carboxylic acid groups (broad SMARTS) is 1. The van der Waals surface area contributed by atoms with Gasteiger partial charge < -0.3 is 14.6 Å². The number of aromatic carboxylic acids is 1. The Hall–Kier alpha value is -3.09. The Labute approximate surface area is 139 Å². The molecule has 0 bridgehead atoms. The van der Waals surface area contributed by atoms with Gasteiger partial charge in [0.05, 0.1) is 0 Å². The van der Waals surface area contributed by atoms with E-state index in [0.717, 1.165) is 0 Å². The first-order valence-corrected chi connectivity index (χ1v) is 7.20. The number of benzene rings is 1. The van der Waals surface area contributed by atoms with E-state index < -0.39 is 17.7 Å². The van der Waals surface area contributed by atoms with Crippen LogP contribution in [0.3, 0.4) is 0 Å². The second-order valence-corrected chi connectivity index (χ2v) is 5.94. The summed E-state index contributed by atoms with van der Waals surface area (Å²) in [7, 11) is 0. The van der Waals surface area contributed by atoms with Crippen molar-refractivity contribution in [1.82, 2.24) is 4.98 Å². The van der Waals surface area contributed by atoms with E-state index in [2.05, 4.69) is 10.3 Å². The summed E-state index contributed by atoms with van der Waals surface area (Å²) in [6.45, 7) is 5.34. The molecule has 2 N–H and O–H groups in total. The largest absolute Gasteiger partial charge is 0.477 e. The first kappa shape index (κ1) is 17.3. The highest BCUT2D eigenvalue weighted by atomic mass is 16.6. The van der Waals surface area contributed by atoms with E-state index in [9.17, 15) is 9.59 Å². The summed E-state index contributed by atoms with van der Waals surface area (Å²) in [6.07, 6.45) is 0.813. The van der Waals surface area contributed by atoms with Crippen LogP contribution in [0.1, 0.15) is 31.3 Å². The van der Waals surface area contributed by atoms with Crippen LogP contribution in [0.4, 0.5) is 10.5 Å². The number of amides is 1. The van der Waals surface area contributed by atoms with Crippen molar-refractivity contribution in [2.75, 3.05) is 5.32 Å².